The standard InChI is InChI=1S/C15H29NO2/c1-12-4-7-14(18-12)10-15(2,13-5-6-13)11-16-8-9-17-3/h12-14,16H,4-11H2,1-3H3. The van der Waals surface area contributed by atoms with Gasteiger partial charge in [0.1, 0.15) is 0 Å². The number of hydrogen-bond donors (Lipinski definition) is 1. The SMILES string of the molecule is COCCNCC(C)(CC1CCC(C)O1)C1CC1. The van der Waals surface area contributed by atoms with Crippen molar-refractivity contribution in [3.8, 4) is 0 Å². The Balaban J connectivity index is 1.78. The highest BCUT2D eigenvalue weighted by Crippen LogP contribution is 2.49. The zero-order valence-corrected chi connectivity index (χ0v) is 12.2. The van der Waals surface area contributed by atoms with E-state index in [1.54, 1.807) is 7.11 Å². The van der Waals surface area contributed by atoms with E-state index in [0.717, 1.165) is 25.6 Å². The third kappa shape index (κ3) is 3.94. The number of rotatable bonds is 8. The molecule has 3 atom stereocenters. The summed E-state index contributed by atoms with van der Waals surface area (Å²) in [5, 5.41) is 3.55. The van der Waals surface area contributed by atoms with E-state index in [1.807, 2.05) is 0 Å². The molecule has 1 aliphatic heterocycles. The van der Waals surface area contributed by atoms with Gasteiger partial charge in [-0.05, 0) is 50.4 Å². The van der Waals surface area contributed by atoms with Gasteiger partial charge in [0.15, 0.2) is 0 Å². The summed E-state index contributed by atoms with van der Waals surface area (Å²) in [6, 6.07) is 0. The van der Waals surface area contributed by atoms with Crippen LogP contribution in [0.15, 0.2) is 0 Å². The average Bonchev–Trinajstić information content (AvgIpc) is 3.11. The van der Waals surface area contributed by atoms with E-state index in [0.29, 0.717) is 17.6 Å². The Morgan fingerprint density at radius 2 is 2.06 bits per heavy atom. The zero-order chi connectivity index (χ0) is 13.0. The third-order valence-electron chi connectivity index (χ3n) is 4.59. The van der Waals surface area contributed by atoms with Crippen LogP contribution in [0.2, 0.25) is 0 Å². The van der Waals surface area contributed by atoms with E-state index in [-0.39, 0.29) is 0 Å². The highest BCUT2D eigenvalue weighted by Gasteiger charge is 2.43. The van der Waals surface area contributed by atoms with Gasteiger partial charge in [-0.15, -0.1) is 0 Å². The fourth-order valence-electron chi connectivity index (χ4n) is 3.27. The first kappa shape index (κ1) is 14.3. The molecule has 3 nitrogen and oxygen atoms in total. The molecule has 0 spiro atoms. The lowest BCUT2D eigenvalue weighted by Gasteiger charge is -2.32. The molecule has 0 aromatic carbocycles. The number of hydrogen-bond acceptors (Lipinski definition) is 3. The van der Waals surface area contributed by atoms with Crippen LogP contribution in [0.25, 0.3) is 0 Å². The summed E-state index contributed by atoms with van der Waals surface area (Å²) in [5.41, 5.74) is 0.419. The molecule has 0 aromatic heterocycles. The fraction of sp³-hybridized carbons (Fsp3) is 1.00. The lowest BCUT2D eigenvalue weighted by atomic mass is 9.79. The lowest BCUT2D eigenvalue weighted by molar-refractivity contribution is 0.0195. The maximum Gasteiger partial charge on any atom is 0.0587 e. The first-order valence-electron chi connectivity index (χ1n) is 7.49. The van der Waals surface area contributed by atoms with E-state index in [9.17, 15) is 0 Å². The van der Waals surface area contributed by atoms with Crippen LogP contribution >= 0.6 is 0 Å². The minimum atomic E-state index is 0.419. The topological polar surface area (TPSA) is 30.5 Å². The molecule has 2 rings (SSSR count). The highest BCUT2D eigenvalue weighted by atomic mass is 16.5. The second-order valence-electron chi connectivity index (χ2n) is 6.45. The van der Waals surface area contributed by atoms with Crippen LogP contribution in [0.5, 0.6) is 0 Å². The molecule has 18 heavy (non-hydrogen) atoms. The molecule has 106 valence electrons. The van der Waals surface area contributed by atoms with Crippen molar-refractivity contribution >= 4 is 0 Å². The maximum absolute atomic E-state index is 6.01. The molecule has 0 aromatic rings. The Kier molecular flexibility index (Phi) is 5.05. The van der Waals surface area contributed by atoms with Crippen molar-refractivity contribution in [1.82, 2.24) is 5.32 Å². The van der Waals surface area contributed by atoms with Crippen molar-refractivity contribution in [1.29, 1.82) is 0 Å². The number of ether oxygens (including phenoxy) is 2. The van der Waals surface area contributed by atoms with Crippen molar-refractivity contribution in [2.75, 3.05) is 26.8 Å². The van der Waals surface area contributed by atoms with Crippen LogP contribution in [0.1, 0.15) is 46.0 Å². The van der Waals surface area contributed by atoms with Gasteiger partial charge in [0.05, 0.1) is 18.8 Å². The van der Waals surface area contributed by atoms with Crippen molar-refractivity contribution in [2.24, 2.45) is 11.3 Å². The molecule has 0 bridgehead atoms. The van der Waals surface area contributed by atoms with Gasteiger partial charge in [0.2, 0.25) is 0 Å². The van der Waals surface area contributed by atoms with Crippen LogP contribution in [0, 0.1) is 11.3 Å². The largest absolute Gasteiger partial charge is 0.383 e. The van der Waals surface area contributed by atoms with E-state index < -0.39 is 0 Å². The Labute approximate surface area is 112 Å². The van der Waals surface area contributed by atoms with Crippen LogP contribution < -0.4 is 5.32 Å². The molecule has 1 saturated carbocycles. The van der Waals surface area contributed by atoms with Crippen molar-refractivity contribution in [3.63, 3.8) is 0 Å². The average molecular weight is 255 g/mol. The van der Waals surface area contributed by atoms with Gasteiger partial charge in [-0.25, -0.2) is 0 Å². The van der Waals surface area contributed by atoms with Gasteiger partial charge >= 0.3 is 0 Å². The van der Waals surface area contributed by atoms with Crippen LogP contribution in [0.4, 0.5) is 0 Å². The second-order valence-corrected chi connectivity index (χ2v) is 6.45. The Morgan fingerprint density at radius 1 is 1.28 bits per heavy atom. The molecule has 3 unspecified atom stereocenters. The quantitative estimate of drug-likeness (QED) is 0.676. The summed E-state index contributed by atoms with van der Waals surface area (Å²) in [4.78, 5) is 0. The zero-order valence-electron chi connectivity index (χ0n) is 12.2. The van der Waals surface area contributed by atoms with Gasteiger partial charge in [0.25, 0.3) is 0 Å². The summed E-state index contributed by atoms with van der Waals surface area (Å²) in [6.45, 7) is 7.51. The molecule has 1 saturated heterocycles. The van der Waals surface area contributed by atoms with Crippen molar-refractivity contribution in [3.05, 3.63) is 0 Å². The van der Waals surface area contributed by atoms with E-state index in [1.165, 1.54) is 32.1 Å². The molecule has 1 heterocycles. The first-order valence-corrected chi connectivity index (χ1v) is 7.49. The van der Waals surface area contributed by atoms with E-state index >= 15 is 0 Å². The van der Waals surface area contributed by atoms with Crippen LogP contribution in [-0.2, 0) is 9.47 Å². The van der Waals surface area contributed by atoms with Crippen molar-refractivity contribution in [2.45, 2.75) is 58.2 Å². The number of nitrogens with one attached hydrogen (secondary N) is 1. The molecule has 1 aliphatic carbocycles. The summed E-state index contributed by atoms with van der Waals surface area (Å²) >= 11 is 0. The van der Waals surface area contributed by atoms with Gasteiger partial charge in [-0.1, -0.05) is 6.92 Å². The van der Waals surface area contributed by atoms with E-state index in [2.05, 4.69) is 19.2 Å². The molecular weight excluding hydrogens is 226 g/mol. The lowest BCUT2D eigenvalue weighted by Crippen LogP contribution is -2.38. The Morgan fingerprint density at radius 3 is 2.61 bits per heavy atom. The monoisotopic (exact) mass is 255 g/mol. The molecule has 0 radical (unpaired) electrons. The van der Waals surface area contributed by atoms with Gasteiger partial charge in [-0.2, -0.15) is 0 Å². The summed E-state index contributed by atoms with van der Waals surface area (Å²) < 4.78 is 11.1. The second kappa shape index (κ2) is 6.36. The summed E-state index contributed by atoms with van der Waals surface area (Å²) in [6.07, 6.45) is 7.50. The minimum Gasteiger partial charge on any atom is -0.383 e. The fourth-order valence-corrected chi connectivity index (χ4v) is 3.27. The van der Waals surface area contributed by atoms with Crippen LogP contribution in [-0.4, -0.2) is 39.0 Å². The summed E-state index contributed by atoms with van der Waals surface area (Å²) in [7, 11) is 1.76. The Hall–Kier alpha value is -0.120. The molecular formula is C15H29NO2. The van der Waals surface area contributed by atoms with Gasteiger partial charge < -0.3 is 14.8 Å². The molecule has 0 amide bonds. The smallest absolute Gasteiger partial charge is 0.0587 e. The molecule has 2 aliphatic rings. The van der Waals surface area contributed by atoms with E-state index in [4.69, 9.17) is 9.47 Å². The highest BCUT2D eigenvalue weighted by molar-refractivity contribution is 4.95. The first-order chi connectivity index (χ1) is 8.64. The number of methoxy groups -OCH3 is 1. The maximum atomic E-state index is 6.01. The molecule has 3 heteroatoms. The predicted octanol–water partition coefficient (Wildman–Crippen LogP) is 2.60. The summed E-state index contributed by atoms with van der Waals surface area (Å²) in [5.74, 6) is 0.909. The molecule has 1 N–H and O–H groups in total. The van der Waals surface area contributed by atoms with Gasteiger partial charge in [-0.3, -0.25) is 0 Å². The van der Waals surface area contributed by atoms with Gasteiger partial charge in [0, 0.05) is 20.2 Å². The normalized spacial score (nSPS) is 31.5. The van der Waals surface area contributed by atoms with Crippen LogP contribution in [0.3, 0.4) is 0 Å². The van der Waals surface area contributed by atoms with Crippen molar-refractivity contribution < 1.29 is 9.47 Å². The predicted molar refractivity (Wildman–Crippen MR) is 73.8 cm³/mol. The molecule has 2 fully saturated rings. The minimum absolute atomic E-state index is 0.419. The Bertz CT molecular complexity index is 255. The third-order valence-corrected chi connectivity index (χ3v) is 4.59.